The van der Waals surface area contributed by atoms with Crippen molar-refractivity contribution in [1.29, 1.82) is 0 Å². The Kier molecular flexibility index (Phi) is 3.49. The number of piperidine rings is 1. The fourth-order valence-electron chi connectivity index (χ4n) is 4.15. The molecule has 2 heterocycles. The average Bonchev–Trinajstić information content (AvgIpc) is 2.82. The zero-order valence-corrected chi connectivity index (χ0v) is 10.5. The van der Waals surface area contributed by atoms with Gasteiger partial charge in [0.15, 0.2) is 0 Å². The van der Waals surface area contributed by atoms with Gasteiger partial charge >= 0.3 is 0 Å². The van der Waals surface area contributed by atoms with Gasteiger partial charge in [0, 0.05) is 18.6 Å². The molecule has 2 heteroatoms. The first kappa shape index (κ1) is 11.0. The molecule has 16 heavy (non-hydrogen) atoms. The summed E-state index contributed by atoms with van der Waals surface area (Å²) in [5.74, 6) is 1.05. The van der Waals surface area contributed by atoms with E-state index >= 15 is 0 Å². The van der Waals surface area contributed by atoms with Crippen molar-refractivity contribution in [1.82, 2.24) is 10.2 Å². The Morgan fingerprint density at radius 1 is 0.938 bits per heavy atom. The zero-order valence-electron chi connectivity index (χ0n) is 10.5. The van der Waals surface area contributed by atoms with Gasteiger partial charge in [0.05, 0.1) is 0 Å². The van der Waals surface area contributed by atoms with Crippen LogP contribution >= 0.6 is 0 Å². The van der Waals surface area contributed by atoms with Crippen LogP contribution in [0.4, 0.5) is 0 Å². The Bertz CT molecular complexity index is 221. The third kappa shape index (κ3) is 2.28. The van der Waals surface area contributed by atoms with Crippen LogP contribution in [-0.4, -0.2) is 36.6 Å². The molecule has 3 fully saturated rings. The number of nitrogens with one attached hydrogen (secondary N) is 1. The van der Waals surface area contributed by atoms with Crippen LogP contribution in [0, 0.1) is 5.92 Å². The third-order valence-corrected chi connectivity index (χ3v) is 4.98. The fourth-order valence-corrected chi connectivity index (χ4v) is 4.15. The van der Waals surface area contributed by atoms with E-state index in [9.17, 15) is 0 Å². The van der Waals surface area contributed by atoms with E-state index in [2.05, 4.69) is 10.2 Å². The summed E-state index contributed by atoms with van der Waals surface area (Å²) in [5, 5.41) is 3.66. The summed E-state index contributed by atoms with van der Waals surface area (Å²) in [6, 6.07) is 1.76. The molecule has 0 aromatic heterocycles. The molecule has 1 N–H and O–H groups in total. The highest BCUT2D eigenvalue weighted by Crippen LogP contribution is 2.35. The van der Waals surface area contributed by atoms with Crippen molar-refractivity contribution in [3.05, 3.63) is 0 Å². The van der Waals surface area contributed by atoms with Gasteiger partial charge in [0.1, 0.15) is 0 Å². The highest BCUT2D eigenvalue weighted by molar-refractivity contribution is 4.90. The molecule has 92 valence electrons. The molecule has 0 aromatic rings. The summed E-state index contributed by atoms with van der Waals surface area (Å²) < 4.78 is 0. The Morgan fingerprint density at radius 2 is 1.81 bits per heavy atom. The minimum atomic E-state index is 0.806. The van der Waals surface area contributed by atoms with Gasteiger partial charge in [0.2, 0.25) is 0 Å². The van der Waals surface area contributed by atoms with Gasteiger partial charge in [-0.1, -0.05) is 12.8 Å². The number of hydrogen-bond acceptors (Lipinski definition) is 2. The molecule has 0 amide bonds. The maximum Gasteiger partial charge on any atom is 0.0195 e. The lowest BCUT2D eigenvalue weighted by molar-refractivity contribution is 0.0546. The second kappa shape index (κ2) is 5.05. The fraction of sp³-hybridized carbons (Fsp3) is 1.00. The first-order valence-corrected chi connectivity index (χ1v) is 7.41. The van der Waals surface area contributed by atoms with Crippen LogP contribution in [0.5, 0.6) is 0 Å². The maximum absolute atomic E-state index is 3.66. The van der Waals surface area contributed by atoms with Crippen LogP contribution < -0.4 is 5.32 Å². The molecule has 2 aliphatic heterocycles. The van der Waals surface area contributed by atoms with E-state index in [-0.39, 0.29) is 0 Å². The van der Waals surface area contributed by atoms with Crippen molar-refractivity contribution in [2.24, 2.45) is 5.92 Å². The van der Waals surface area contributed by atoms with Crippen molar-refractivity contribution in [3.8, 4) is 0 Å². The normalized spacial score (nSPS) is 40.9. The topological polar surface area (TPSA) is 15.3 Å². The molecule has 0 aromatic carbocycles. The number of fused-ring (bicyclic) bond motifs is 1. The van der Waals surface area contributed by atoms with Gasteiger partial charge in [-0.3, -0.25) is 4.90 Å². The molecule has 0 spiro atoms. The molecule has 0 radical (unpaired) electrons. The van der Waals surface area contributed by atoms with Gasteiger partial charge in [-0.2, -0.15) is 0 Å². The summed E-state index contributed by atoms with van der Waals surface area (Å²) in [6.07, 6.45) is 11.7. The van der Waals surface area contributed by atoms with E-state index in [4.69, 9.17) is 0 Å². The maximum atomic E-state index is 3.66. The Morgan fingerprint density at radius 3 is 2.69 bits per heavy atom. The van der Waals surface area contributed by atoms with E-state index < -0.39 is 0 Å². The molecule has 3 rings (SSSR count). The van der Waals surface area contributed by atoms with Crippen molar-refractivity contribution in [3.63, 3.8) is 0 Å². The largest absolute Gasteiger partial charge is 0.313 e. The van der Waals surface area contributed by atoms with Gasteiger partial charge in [-0.25, -0.2) is 0 Å². The van der Waals surface area contributed by atoms with Crippen LogP contribution in [-0.2, 0) is 0 Å². The Hall–Kier alpha value is -0.0800. The van der Waals surface area contributed by atoms with E-state index in [0.717, 1.165) is 18.0 Å². The first-order chi connectivity index (χ1) is 7.93. The van der Waals surface area contributed by atoms with Crippen molar-refractivity contribution < 1.29 is 0 Å². The van der Waals surface area contributed by atoms with Crippen LogP contribution in [0.25, 0.3) is 0 Å². The molecule has 1 aliphatic carbocycles. The highest BCUT2D eigenvalue weighted by Gasteiger charge is 2.34. The predicted octanol–water partition coefficient (Wildman–Crippen LogP) is 2.39. The van der Waals surface area contributed by atoms with Crippen LogP contribution in [0.3, 0.4) is 0 Å². The summed E-state index contributed by atoms with van der Waals surface area (Å²) in [7, 11) is 0. The van der Waals surface area contributed by atoms with Crippen molar-refractivity contribution >= 4 is 0 Å². The van der Waals surface area contributed by atoms with Crippen LogP contribution in [0.1, 0.15) is 51.4 Å². The molecule has 2 nitrogen and oxygen atoms in total. The molecule has 2 saturated heterocycles. The van der Waals surface area contributed by atoms with Gasteiger partial charge in [-0.05, 0) is 57.5 Å². The molecule has 3 atom stereocenters. The number of rotatable bonds is 2. The highest BCUT2D eigenvalue weighted by atomic mass is 15.2. The number of likely N-dealkylation sites (tertiary alicyclic amines) is 1. The first-order valence-electron chi connectivity index (χ1n) is 7.41. The predicted molar refractivity (Wildman–Crippen MR) is 67.6 cm³/mol. The summed E-state index contributed by atoms with van der Waals surface area (Å²) >= 11 is 0. The SMILES string of the molecule is C1CCC2C(C1)CCCN2C[C@@H]1CCCN1. The third-order valence-electron chi connectivity index (χ3n) is 4.98. The van der Waals surface area contributed by atoms with Crippen LogP contribution in [0.2, 0.25) is 0 Å². The number of hydrogen-bond donors (Lipinski definition) is 1. The lowest BCUT2D eigenvalue weighted by Gasteiger charge is -2.45. The molecule has 0 bridgehead atoms. The van der Waals surface area contributed by atoms with E-state index in [1.807, 2.05) is 0 Å². The summed E-state index contributed by atoms with van der Waals surface area (Å²) in [6.45, 7) is 3.97. The lowest BCUT2D eigenvalue weighted by Crippen LogP contribution is -2.50. The minimum absolute atomic E-state index is 0.806. The second-order valence-corrected chi connectivity index (χ2v) is 6.04. The summed E-state index contributed by atoms with van der Waals surface area (Å²) in [5.41, 5.74) is 0. The smallest absolute Gasteiger partial charge is 0.0195 e. The zero-order chi connectivity index (χ0) is 10.8. The Balaban J connectivity index is 1.59. The van der Waals surface area contributed by atoms with Crippen LogP contribution in [0.15, 0.2) is 0 Å². The quantitative estimate of drug-likeness (QED) is 0.772. The molecular formula is C14H26N2. The van der Waals surface area contributed by atoms with Gasteiger partial charge < -0.3 is 5.32 Å². The molecule has 3 aliphatic rings. The number of nitrogens with zero attached hydrogens (tertiary/aromatic N) is 1. The van der Waals surface area contributed by atoms with Gasteiger partial charge in [0.25, 0.3) is 0 Å². The van der Waals surface area contributed by atoms with E-state index in [1.165, 1.54) is 71.0 Å². The standard InChI is InChI=1S/C14H26N2/c1-2-8-14-12(5-1)6-4-10-16(14)11-13-7-3-9-15-13/h12-15H,1-11H2/t12?,13-,14?/m0/s1. The average molecular weight is 222 g/mol. The second-order valence-electron chi connectivity index (χ2n) is 6.04. The van der Waals surface area contributed by atoms with E-state index in [0.29, 0.717) is 0 Å². The monoisotopic (exact) mass is 222 g/mol. The van der Waals surface area contributed by atoms with Crippen molar-refractivity contribution in [2.75, 3.05) is 19.6 Å². The summed E-state index contributed by atoms with van der Waals surface area (Å²) in [4.78, 5) is 2.83. The van der Waals surface area contributed by atoms with Gasteiger partial charge in [-0.15, -0.1) is 0 Å². The van der Waals surface area contributed by atoms with Crippen molar-refractivity contribution in [2.45, 2.75) is 63.5 Å². The van der Waals surface area contributed by atoms with E-state index in [1.54, 1.807) is 0 Å². The molecular weight excluding hydrogens is 196 g/mol. The molecule has 2 unspecified atom stereocenters. The Labute approximate surface area is 99.8 Å². The lowest BCUT2D eigenvalue weighted by atomic mass is 9.78. The molecule has 1 saturated carbocycles. The minimum Gasteiger partial charge on any atom is -0.313 e.